The molecular weight excluding hydrogens is 222 g/mol. The Morgan fingerprint density at radius 2 is 1.72 bits per heavy atom. The highest BCUT2D eigenvalue weighted by Crippen LogP contribution is 2.38. The minimum absolute atomic E-state index is 0.588. The molecule has 1 saturated carbocycles. The molecule has 0 aromatic rings. The van der Waals surface area contributed by atoms with E-state index in [4.69, 9.17) is 0 Å². The van der Waals surface area contributed by atoms with E-state index in [9.17, 15) is 0 Å². The molecule has 0 aromatic carbocycles. The summed E-state index contributed by atoms with van der Waals surface area (Å²) in [6.45, 7) is 11.1. The fraction of sp³-hybridized carbons (Fsp3) is 1.00. The van der Waals surface area contributed by atoms with E-state index in [1.165, 1.54) is 77.9 Å². The van der Waals surface area contributed by atoms with Crippen LogP contribution in [-0.4, -0.2) is 62.7 Å². The van der Waals surface area contributed by atoms with Crippen molar-refractivity contribution in [2.24, 2.45) is 5.41 Å². The SMILES string of the molecule is CCCNCC1(CN2CCN(C)CC2)CCCC1. The van der Waals surface area contributed by atoms with Crippen LogP contribution in [0.4, 0.5) is 0 Å². The topological polar surface area (TPSA) is 18.5 Å². The standard InChI is InChI=1S/C15H31N3/c1-3-8-16-13-15(6-4-5-7-15)14-18-11-9-17(2)10-12-18/h16H,3-14H2,1-2H3. The van der Waals surface area contributed by atoms with Gasteiger partial charge in [-0.3, -0.25) is 0 Å². The van der Waals surface area contributed by atoms with Crippen LogP contribution in [0.2, 0.25) is 0 Å². The Morgan fingerprint density at radius 1 is 1.06 bits per heavy atom. The summed E-state index contributed by atoms with van der Waals surface area (Å²) in [5.41, 5.74) is 0.588. The zero-order valence-corrected chi connectivity index (χ0v) is 12.4. The molecule has 0 radical (unpaired) electrons. The molecule has 2 fully saturated rings. The van der Waals surface area contributed by atoms with E-state index >= 15 is 0 Å². The third kappa shape index (κ3) is 3.94. The minimum Gasteiger partial charge on any atom is -0.316 e. The lowest BCUT2D eigenvalue weighted by atomic mass is 9.85. The monoisotopic (exact) mass is 253 g/mol. The first-order valence-corrected chi connectivity index (χ1v) is 7.86. The lowest BCUT2D eigenvalue weighted by molar-refractivity contribution is 0.0964. The average Bonchev–Trinajstić information content (AvgIpc) is 2.82. The van der Waals surface area contributed by atoms with Gasteiger partial charge in [-0.25, -0.2) is 0 Å². The highest BCUT2D eigenvalue weighted by molar-refractivity contribution is 4.90. The molecule has 2 aliphatic rings. The van der Waals surface area contributed by atoms with Crippen LogP contribution in [0.15, 0.2) is 0 Å². The fourth-order valence-electron chi connectivity index (χ4n) is 3.53. The van der Waals surface area contributed by atoms with Gasteiger partial charge in [-0.2, -0.15) is 0 Å². The molecule has 1 N–H and O–H groups in total. The van der Waals surface area contributed by atoms with E-state index < -0.39 is 0 Å². The molecule has 0 aromatic heterocycles. The molecule has 18 heavy (non-hydrogen) atoms. The Balaban J connectivity index is 1.81. The molecule has 1 aliphatic carbocycles. The van der Waals surface area contributed by atoms with Gasteiger partial charge in [-0.1, -0.05) is 19.8 Å². The Hall–Kier alpha value is -0.120. The zero-order valence-electron chi connectivity index (χ0n) is 12.4. The number of hydrogen-bond acceptors (Lipinski definition) is 3. The smallest absolute Gasteiger partial charge is 0.0110 e. The van der Waals surface area contributed by atoms with E-state index in [1.54, 1.807) is 0 Å². The first kappa shape index (κ1) is 14.3. The van der Waals surface area contributed by atoms with Gasteiger partial charge < -0.3 is 15.1 Å². The maximum atomic E-state index is 3.68. The largest absolute Gasteiger partial charge is 0.316 e. The molecule has 0 spiro atoms. The Kier molecular flexibility index (Phi) is 5.46. The first-order chi connectivity index (χ1) is 8.74. The highest BCUT2D eigenvalue weighted by atomic mass is 15.2. The second-order valence-corrected chi connectivity index (χ2v) is 6.46. The molecular formula is C15H31N3. The van der Waals surface area contributed by atoms with E-state index in [1.807, 2.05) is 0 Å². The van der Waals surface area contributed by atoms with Crippen LogP contribution in [-0.2, 0) is 0 Å². The van der Waals surface area contributed by atoms with Crippen LogP contribution in [0, 0.1) is 5.41 Å². The molecule has 0 unspecified atom stereocenters. The van der Waals surface area contributed by atoms with Crippen molar-refractivity contribution in [3.63, 3.8) is 0 Å². The van der Waals surface area contributed by atoms with Crippen molar-refractivity contribution in [3.05, 3.63) is 0 Å². The number of rotatable bonds is 6. The first-order valence-electron chi connectivity index (χ1n) is 7.86. The average molecular weight is 253 g/mol. The zero-order chi connectivity index (χ0) is 12.8. The molecule has 0 amide bonds. The highest BCUT2D eigenvalue weighted by Gasteiger charge is 2.35. The van der Waals surface area contributed by atoms with Crippen LogP contribution in [0.3, 0.4) is 0 Å². The molecule has 1 heterocycles. The van der Waals surface area contributed by atoms with Gasteiger partial charge in [-0.05, 0) is 38.3 Å². The number of nitrogens with one attached hydrogen (secondary N) is 1. The van der Waals surface area contributed by atoms with E-state index in [2.05, 4.69) is 29.1 Å². The molecule has 0 bridgehead atoms. The summed E-state index contributed by atoms with van der Waals surface area (Å²) >= 11 is 0. The second kappa shape index (κ2) is 6.88. The van der Waals surface area contributed by atoms with Crippen molar-refractivity contribution < 1.29 is 0 Å². The van der Waals surface area contributed by atoms with Crippen molar-refractivity contribution in [2.45, 2.75) is 39.0 Å². The maximum Gasteiger partial charge on any atom is 0.0110 e. The van der Waals surface area contributed by atoms with Gasteiger partial charge in [0.15, 0.2) is 0 Å². The van der Waals surface area contributed by atoms with Gasteiger partial charge in [0.2, 0.25) is 0 Å². The molecule has 3 heteroatoms. The lowest BCUT2D eigenvalue weighted by Crippen LogP contribution is -2.50. The maximum absolute atomic E-state index is 3.68. The van der Waals surface area contributed by atoms with E-state index in [0.29, 0.717) is 5.41 Å². The summed E-state index contributed by atoms with van der Waals surface area (Å²) in [4.78, 5) is 5.16. The summed E-state index contributed by atoms with van der Waals surface area (Å²) < 4.78 is 0. The van der Waals surface area contributed by atoms with E-state index in [-0.39, 0.29) is 0 Å². The molecule has 1 saturated heterocycles. The number of nitrogens with zero attached hydrogens (tertiary/aromatic N) is 2. The normalized spacial score (nSPS) is 25.7. The van der Waals surface area contributed by atoms with E-state index in [0.717, 1.165) is 0 Å². The number of likely N-dealkylation sites (N-methyl/N-ethyl adjacent to an activating group) is 1. The summed E-state index contributed by atoms with van der Waals surface area (Å²) in [5, 5.41) is 3.68. The summed E-state index contributed by atoms with van der Waals surface area (Å²) in [6, 6.07) is 0. The van der Waals surface area contributed by atoms with Crippen molar-refractivity contribution in [2.75, 3.05) is 52.9 Å². The van der Waals surface area contributed by atoms with Crippen LogP contribution < -0.4 is 5.32 Å². The van der Waals surface area contributed by atoms with Gasteiger partial charge in [0.1, 0.15) is 0 Å². The van der Waals surface area contributed by atoms with Gasteiger partial charge >= 0.3 is 0 Å². The Morgan fingerprint density at radius 3 is 2.33 bits per heavy atom. The third-order valence-electron chi connectivity index (χ3n) is 4.75. The molecule has 106 valence electrons. The Bertz CT molecular complexity index is 228. The molecule has 2 rings (SSSR count). The molecule has 3 nitrogen and oxygen atoms in total. The summed E-state index contributed by atoms with van der Waals surface area (Å²) in [5.74, 6) is 0. The van der Waals surface area contributed by atoms with Crippen LogP contribution >= 0.6 is 0 Å². The van der Waals surface area contributed by atoms with Crippen molar-refractivity contribution in [3.8, 4) is 0 Å². The third-order valence-corrected chi connectivity index (χ3v) is 4.75. The van der Waals surface area contributed by atoms with Crippen LogP contribution in [0.1, 0.15) is 39.0 Å². The number of hydrogen-bond donors (Lipinski definition) is 1. The summed E-state index contributed by atoms with van der Waals surface area (Å²) in [7, 11) is 2.24. The fourth-order valence-corrected chi connectivity index (χ4v) is 3.53. The molecule has 0 atom stereocenters. The van der Waals surface area contributed by atoms with Crippen LogP contribution in [0.25, 0.3) is 0 Å². The Labute approximate surface area is 113 Å². The van der Waals surface area contributed by atoms with Crippen molar-refractivity contribution in [1.82, 2.24) is 15.1 Å². The quantitative estimate of drug-likeness (QED) is 0.728. The molecule has 1 aliphatic heterocycles. The van der Waals surface area contributed by atoms with Crippen LogP contribution in [0.5, 0.6) is 0 Å². The van der Waals surface area contributed by atoms with Gasteiger partial charge in [0, 0.05) is 39.3 Å². The minimum atomic E-state index is 0.588. The van der Waals surface area contributed by atoms with Gasteiger partial charge in [0.05, 0.1) is 0 Å². The predicted molar refractivity (Wildman–Crippen MR) is 78.0 cm³/mol. The van der Waals surface area contributed by atoms with Crippen molar-refractivity contribution in [1.29, 1.82) is 0 Å². The lowest BCUT2D eigenvalue weighted by Gasteiger charge is -2.39. The van der Waals surface area contributed by atoms with Gasteiger partial charge in [0.25, 0.3) is 0 Å². The number of piperazine rings is 1. The van der Waals surface area contributed by atoms with Crippen molar-refractivity contribution >= 4 is 0 Å². The predicted octanol–water partition coefficient (Wildman–Crippen LogP) is 1.79. The summed E-state index contributed by atoms with van der Waals surface area (Å²) in [6.07, 6.45) is 7.03. The second-order valence-electron chi connectivity index (χ2n) is 6.46. The van der Waals surface area contributed by atoms with Gasteiger partial charge in [-0.15, -0.1) is 0 Å².